The van der Waals surface area contributed by atoms with Crippen LogP contribution in [0.1, 0.15) is 12.8 Å². The molecule has 17 heavy (non-hydrogen) atoms. The molecule has 0 saturated heterocycles. The molecule has 88 valence electrons. The van der Waals surface area contributed by atoms with Crippen LogP contribution in [0.15, 0.2) is 28.9 Å². The van der Waals surface area contributed by atoms with Crippen molar-refractivity contribution in [1.29, 1.82) is 0 Å². The van der Waals surface area contributed by atoms with E-state index in [1.165, 1.54) is 0 Å². The molecule has 0 atom stereocenters. The lowest BCUT2D eigenvalue weighted by molar-refractivity contribution is -0.142. The first-order valence-corrected chi connectivity index (χ1v) is 5.19. The summed E-state index contributed by atoms with van der Waals surface area (Å²) >= 11 is 0. The zero-order valence-electron chi connectivity index (χ0n) is 9.29. The lowest BCUT2D eigenvalue weighted by atomic mass is 10.3. The van der Waals surface area contributed by atoms with Crippen molar-refractivity contribution in [1.82, 2.24) is 15.1 Å². The van der Waals surface area contributed by atoms with Crippen LogP contribution in [0.3, 0.4) is 0 Å². The van der Waals surface area contributed by atoms with Gasteiger partial charge >= 0.3 is 5.97 Å². The van der Waals surface area contributed by atoms with Crippen LogP contribution in [0.4, 0.5) is 0 Å². The molecular formula is C11H11N3O3. The number of carbonyl (C=O) groups excluding carboxylic acids is 1. The van der Waals surface area contributed by atoms with E-state index in [-0.39, 0.29) is 18.3 Å². The molecule has 0 bridgehead atoms. The van der Waals surface area contributed by atoms with Crippen LogP contribution in [-0.4, -0.2) is 27.7 Å². The van der Waals surface area contributed by atoms with Crippen molar-refractivity contribution in [3.8, 4) is 11.5 Å². The summed E-state index contributed by atoms with van der Waals surface area (Å²) < 4.78 is 9.71. The van der Waals surface area contributed by atoms with E-state index in [0.29, 0.717) is 18.1 Å². The highest BCUT2D eigenvalue weighted by Gasteiger charge is 2.13. The fraction of sp³-hybridized carbons (Fsp3) is 0.273. The van der Waals surface area contributed by atoms with Crippen LogP contribution >= 0.6 is 0 Å². The van der Waals surface area contributed by atoms with Crippen LogP contribution < -0.4 is 0 Å². The standard InChI is InChI=1S/C11H11N3O3/c1-2-16-10(15)7-9-13-11(14-17-9)8-5-3-4-6-12-8/h3-6H,2,7H2,1H3. The fourth-order valence-electron chi connectivity index (χ4n) is 1.26. The van der Waals surface area contributed by atoms with Crippen molar-refractivity contribution in [2.45, 2.75) is 13.3 Å². The van der Waals surface area contributed by atoms with E-state index in [0.717, 1.165) is 0 Å². The molecular weight excluding hydrogens is 222 g/mol. The number of esters is 1. The Morgan fingerprint density at radius 1 is 1.47 bits per heavy atom. The number of aromatic nitrogens is 3. The van der Waals surface area contributed by atoms with Crippen molar-refractivity contribution in [2.24, 2.45) is 0 Å². The fourth-order valence-corrected chi connectivity index (χ4v) is 1.26. The van der Waals surface area contributed by atoms with E-state index in [2.05, 4.69) is 15.1 Å². The van der Waals surface area contributed by atoms with Gasteiger partial charge in [-0.2, -0.15) is 4.98 Å². The molecule has 6 nitrogen and oxygen atoms in total. The summed E-state index contributed by atoms with van der Waals surface area (Å²) in [5.74, 6) is 0.206. The molecule has 2 aromatic heterocycles. The second kappa shape index (κ2) is 5.20. The van der Waals surface area contributed by atoms with Crippen LogP contribution in [-0.2, 0) is 16.0 Å². The van der Waals surface area contributed by atoms with Crippen LogP contribution in [0.25, 0.3) is 11.5 Å². The van der Waals surface area contributed by atoms with E-state index < -0.39 is 0 Å². The maximum atomic E-state index is 11.2. The largest absolute Gasteiger partial charge is 0.466 e. The second-order valence-electron chi connectivity index (χ2n) is 3.21. The number of nitrogens with zero attached hydrogens (tertiary/aromatic N) is 3. The van der Waals surface area contributed by atoms with Gasteiger partial charge in [0.2, 0.25) is 11.7 Å². The lowest BCUT2D eigenvalue weighted by Gasteiger charge is -1.96. The molecule has 2 heterocycles. The minimum absolute atomic E-state index is 0.0202. The molecule has 6 heteroatoms. The van der Waals surface area contributed by atoms with Gasteiger partial charge in [-0.05, 0) is 19.1 Å². The van der Waals surface area contributed by atoms with E-state index in [9.17, 15) is 4.79 Å². The predicted octanol–water partition coefficient (Wildman–Crippen LogP) is 1.24. The molecule has 0 aromatic carbocycles. The zero-order chi connectivity index (χ0) is 12.1. The van der Waals surface area contributed by atoms with Gasteiger partial charge in [0.1, 0.15) is 12.1 Å². The van der Waals surface area contributed by atoms with Crippen molar-refractivity contribution >= 4 is 5.97 Å². The van der Waals surface area contributed by atoms with E-state index >= 15 is 0 Å². The van der Waals surface area contributed by atoms with Gasteiger partial charge in [0.15, 0.2) is 0 Å². The molecule has 2 rings (SSSR count). The Bertz CT molecular complexity index is 496. The van der Waals surface area contributed by atoms with E-state index in [1.54, 1.807) is 25.3 Å². The maximum Gasteiger partial charge on any atom is 0.315 e. The topological polar surface area (TPSA) is 78.1 Å². The molecule has 0 aliphatic rings. The summed E-state index contributed by atoms with van der Waals surface area (Å²) in [6, 6.07) is 5.38. The van der Waals surface area contributed by atoms with Gasteiger partial charge in [-0.1, -0.05) is 11.2 Å². The number of ether oxygens (including phenoxy) is 1. The van der Waals surface area contributed by atoms with Crippen LogP contribution in [0, 0.1) is 0 Å². The Morgan fingerprint density at radius 2 is 2.35 bits per heavy atom. The van der Waals surface area contributed by atoms with Crippen molar-refractivity contribution in [3.63, 3.8) is 0 Å². The Morgan fingerprint density at radius 3 is 3.06 bits per heavy atom. The monoisotopic (exact) mass is 233 g/mol. The second-order valence-corrected chi connectivity index (χ2v) is 3.21. The quantitative estimate of drug-likeness (QED) is 0.739. The summed E-state index contributed by atoms with van der Waals surface area (Å²) in [5, 5.41) is 3.74. The third-order valence-electron chi connectivity index (χ3n) is 1.96. The van der Waals surface area contributed by atoms with Gasteiger partial charge in [0.05, 0.1) is 6.61 Å². The van der Waals surface area contributed by atoms with Gasteiger partial charge < -0.3 is 9.26 Å². The third-order valence-corrected chi connectivity index (χ3v) is 1.96. The first kappa shape index (κ1) is 11.3. The van der Waals surface area contributed by atoms with Crippen LogP contribution in [0.2, 0.25) is 0 Å². The predicted molar refractivity (Wildman–Crippen MR) is 57.9 cm³/mol. The maximum absolute atomic E-state index is 11.2. The molecule has 0 fully saturated rings. The highest BCUT2D eigenvalue weighted by Crippen LogP contribution is 2.12. The Hall–Kier alpha value is -2.24. The highest BCUT2D eigenvalue weighted by molar-refractivity contribution is 5.71. The van der Waals surface area contributed by atoms with Gasteiger partial charge in [-0.15, -0.1) is 0 Å². The molecule has 0 unspecified atom stereocenters. The smallest absolute Gasteiger partial charge is 0.315 e. The summed E-state index contributed by atoms with van der Waals surface area (Å²) in [7, 11) is 0. The number of hydrogen-bond acceptors (Lipinski definition) is 6. The first-order valence-electron chi connectivity index (χ1n) is 5.19. The molecule has 0 N–H and O–H groups in total. The molecule has 0 spiro atoms. The normalized spacial score (nSPS) is 10.2. The van der Waals surface area contributed by atoms with Crippen molar-refractivity contribution < 1.29 is 14.1 Å². The van der Waals surface area contributed by atoms with Crippen molar-refractivity contribution in [3.05, 3.63) is 30.3 Å². The van der Waals surface area contributed by atoms with Gasteiger partial charge in [-0.25, -0.2) is 0 Å². The minimum atomic E-state index is -0.385. The molecule has 2 aromatic rings. The Labute approximate surface area is 97.6 Å². The molecule has 0 amide bonds. The van der Waals surface area contributed by atoms with Crippen LogP contribution in [0.5, 0.6) is 0 Å². The average Bonchev–Trinajstić information content (AvgIpc) is 2.79. The Balaban J connectivity index is 2.09. The minimum Gasteiger partial charge on any atom is -0.466 e. The van der Waals surface area contributed by atoms with Gasteiger partial charge in [0, 0.05) is 6.20 Å². The molecule has 0 radical (unpaired) electrons. The summed E-state index contributed by atoms with van der Waals surface area (Å²) in [6.07, 6.45) is 1.62. The Kier molecular flexibility index (Phi) is 3.44. The number of carbonyl (C=O) groups is 1. The third kappa shape index (κ3) is 2.87. The zero-order valence-corrected chi connectivity index (χ0v) is 9.29. The number of rotatable bonds is 4. The molecule has 0 aliphatic heterocycles. The number of hydrogen-bond donors (Lipinski definition) is 0. The molecule has 0 aliphatic carbocycles. The SMILES string of the molecule is CCOC(=O)Cc1nc(-c2ccccn2)no1. The number of pyridine rings is 1. The van der Waals surface area contributed by atoms with E-state index in [1.807, 2.05) is 6.07 Å². The van der Waals surface area contributed by atoms with Gasteiger partial charge in [-0.3, -0.25) is 9.78 Å². The summed E-state index contributed by atoms with van der Waals surface area (Å²) in [5.41, 5.74) is 0.603. The highest BCUT2D eigenvalue weighted by atomic mass is 16.5. The average molecular weight is 233 g/mol. The van der Waals surface area contributed by atoms with E-state index in [4.69, 9.17) is 9.26 Å². The summed E-state index contributed by atoms with van der Waals surface area (Å²) in [6.45, 7) is 2.07. The first-order chi connectivity index (χ1) is 8.29. The van der Waals surface area contributed by atoms with Gasteiger partial charge in [0.25, 0.3) is 0 Å². The summed E-state index contributed by atoms with van der Waals surface area (Å²) in [4.78, 5) is 19.3. The molecule has 0 saturated carbocycles. The van der Waals surface area contributed by atoms with Crippen molar-refractivity contribution in [2.75, 3.05) is 6.61 Å². The lowest BCUT2D eigenvalue weighted by Crippen LogP contribution is -2.07.